The first-order valence-electron chi connectivity index (χ1n) is 7.31. The molecule has 0 amide bonds. The lowest BCUT2D eigenvalue weighted by Crippen LogP contribution is -2.26. The lowest BCUT2D eigenvalue weighted by molar-refractivity contribution is 0.0599. The van der Waals surface area contributed by atoms with Crippen LogP contribution in [0.15, 0.2) is 23.1 Å². The van der Waals surface area contributed by atoms with Crippen LogP contribution in [0, 0.1) is 6.92 Å². The number of carbonyl (C=O) groups excluding carboxylic acids is 1. The van der Waals surface area contributed by atoms with E-state index in [-0.39, 0.29) is 11.7 Å². The molecule has 1 saturated heterocycles. The van der Waals surface area contributed by atoms with Gasteiger partial charge in [-0.15, -0.1) is 0 Å². The fourth-order valence-corrected chi connectivity index (χ4v) is 2.77. The third-order valence-corrected chi connectivity index (χ3v) is 3.98. The third kappa shape index (κ3) is 2.62. The van der Waals surface area contributed by atoms with Gasteiger partial charge in [0.25, 0.3) is 5.56 Å². The summed E-state index contributed by atoms with van der Waals surface area (Å²) in [5, 5.41) is 0.423. The first-order chi connectivity index (χ1) is 10.6. The molecule has 2 aromatic heterocycles. The highest BCUT2D eigenvalue weighted by Gasteiger charge is 2.18. The zero-order chi connectivity index (χ0) is 15.7. The van der Waals surface area contributed by atoms with Gasteiger partial charge in [0.1, 0.15) is 0 Å². The maximum atomic E-state index is 12.6. The molecule has 0 aromatic carbocycles. The number of methoxy groups -OCH3 is 1. The Kier molecular flexibility index (Phi) is 3.94. The van der Waals surface area contributed by atoms with Crippen LogP contribution in [0.2, 0.25) is 0 Å². The molecule has 1 aliphatic rings. The Morgan fingerprint density at radius 2 is 2.36 bits per heavy atom. The van der Waals surface area contributed by atoms with E-state index in [0.29, 0.717) is 28.7 Å². The molecule has 6 heteroatoms. The number of ether oxygens (including phenoxy) is 2. The number of pyridine rings is 2. The van der Waals surface area contributed by atoms with Crippen molar-refractivity contribution >= 4 is 16.9 Å². The highest BCUT2D eigenvalue weighted by atomic mass is 16.5. The van der Waals surface area contributed by atoms with Gasteiger partial charge in [0, 0.05) is 12.8 Å². The number of aromatic nitrogens is 2. The molecule has 2 aromatic rings. The fraction of sp³-hybridized carbons (Fsp3) is 0.438. The van der Waals surface area contributed by atoms with Gasteiger partial charge in [-0.1, -0.05) is 0 Å². The van der Waals surface area contributed by atoms with Gasteiger partial charge in [-0.05, 0) is 31.9 Å². The van der Waals surface area contributed by atoms with Gasteiger partial charge in [0.2, 0.25) is 0 Å². The summed E-state index contributed by atoms with van der Waals surface area (Å²) in [6.45, 7) is 3.00. The minimum atomic E-state index is -0.485. The van der Waals surface area contributed by atoms with E-state index in [0.717, 1.165) is 19.4 Å². The monoisotopic (exact) mass is 302 g/mol. The van der Waals surface area contributed by atoms with Gasteiger partial charge >= 0.3 is 5.97 Å². The van der Waals surface area contributed by atoms with Crippen LogP contribution >= 0.6 is 0 Å². The van der Waals surface area contributed by atoms with Gasteiger partial charge in [-0.25, -0.2) is 4.79 Å². The quantitative estimate of drug-likeness (QED) is 0.807. The molecule has 6 nitrogen and oxygen atoms in total. The number of rotatable bonds is 3. The van der Waals surface area contributed by atoms with Crippen LogP contribution in [0.3, 0.4) is 0 Å². The second kappa shape index (κ2) is 5.88. The van der Waals surface area contributed by atoms with Gasteiger partial charge in [-0.2, -0.15) is 0 Å². The number of fused-ring (bicyclic) bond motifs is 1. The lowest BCUT2D eigenvalue weighted by atomic mass is 10.1. The molecule has 1 fully saturated rings. The van der Waals surface area contributed by atoms with Gasteiger partial charge in [0.05, 0.1) is 41.9 Å². The topological polar surface area (TPSA) is 70.4 Å². The summed E-state index contributed by atoms with van der Waals surface area (Å²) in [6, 6.07) is 3.36. The Bertz CT molecular complexity index is 776. The van der Waals surface area contributed by atoms with Crippen molar-refractivity contribution in [3.63, 3.8) is 0 Å². The summed E-state index contributed by atoms with van der Waals surface area (Å²) in [6.07, 6.45) is 3.80. The number of esters is 1. The van der Waals surface area contributed by atoms with E-state index in [9.17, 15) is 9.59 Å². The predicted molar refractivity (Wildman–Crippen MR) is 81.1 cm³/mol. The molecular weight excluding hydrogens is 284 g/mol. The molecule has 0 unspecified atom stereocenters. The first kappa shape index (κ1) is 14.7. The Morgan fingerprint density at radius 3 is 3.05 bits per heavy atom. The largest absolute Gasteiger partial charge is 0.465 e. The molecule has 0 spiro atoms. The molecule has 22 heavy (non-hydrogen) atoms. The smallest absolute Gasteiger partial charge is 0.339 e. The Labute approximate surface area is 127 Å². The van der Waals surface area contributed by atoms with Crippen LogP contribution in [0.25, 0.3) is 10.9 Å². The van der Waals surface area contributed by atoms with E-state index >= 15 is 0 Å². The highest BCUT2D eigenvalue weighted by Crippen LogP contribution is 2.16. The summed E-state index contributed by atoms with van der Waals surface area (Å²) in [4.78, 5) is 28.7. The van der Waals surface area contributed by atoms with Crippen molar-refractivity contribution in [3.05, 3.63) is 39.9 Å². The summed E-state index contributed by atoms with van der Waals surface area (Å²) < 4.78 is 11.9. The lowest BCUT2D eigenvalue weighted by Gasteiger charge is -2.13. The average molecular weight is 302 g/mol. The number of hydrogen-bond acceptors (Lipinski definition) is 5. The van der Waals surface area contributed by atoms with Crippen molar-refractivity contribution in [2.24, 2.45) is 0 Å². The molecule has 1 atom stereocenters. The molecule has 0 N–H and O–H groups in total. The van der Waals surface area contributed by atoms with E-state index in [1.54, 1.807) is 29.8 Å². The minimum Gasteiger partial charge on any atom is -0.465 e. The molecule has 1 aliphatic heterocycles. The van der Waals surface area contributed by atoms with Crippen LogP contribution in [0.1, 0.15) is 28.9 Å². The summed E-state index contributed by atoms with van der Waals surface area (Å²) in [5.41, 5.74) is 1.29. The third-order valence-electron chi connectivity index (χ3n) is 3.98. The molecule has 116 valence electrons. The first-order valence-corrected chi connectivity index (χ1v) is 7.31. The van der Waals surface area contributed by atoms with Crippen LogP contribution in [0.5, 0.6) is 0 Å². The predicted octanol–water partition coefficient (Wildman–Crippen LogP) is 1.67. The fourth-order valence-electron chi connectivity index (χ4n) is 2.77. The van der Waals surface area contributed by atoms with Crippen molar-refractivity contribution in [2.75, 3.05) is 13.7 Å². The zero-order valence-corrected chi connectivity index (χ0v) is 12.7. The number of hydrogen-bond donors (Lipinski definition) is 0. The van der Waals surface area contributed by atoms with E-state index in [1.807, 2.05) is 0 Å². The van der Waals surface area contributed by atoms with E-state index in [1.165, 1.54) is 7.11 Å². The van der Waals surface area contributed by atoms with Gasteiger partial charge in [-0.3, -0.25) is 9.78 Å². The normalized spacial score (nSPS) is 17.8. The van der Waals surface area contributed by atoms with Crippen molar-refractivity contribution < 1.29 is 14.3 Å². The molecule has 0 saturated carbocycles. The Balaban J connectivity index is 2.06. The van der Waals surface area contributed by atoms with Crippen LogP contribution in [-0.2, 0) is 16.0 Å². The maximum absolute atomic E-state index is 12.6. The standard InChI is InChI=1S/C16H18N2O4/c1-10-12(16(20)21-2)8-13-14(17-10)5-6-18(15(13)19)9-11-4-3-7-22-11/h5-6,8,11H,3-4,7,9H2,1-2H3/t11-/m1/s1. The summed E-state index contributed by atoms with van der Waals surface area (Å²) in [7, 11) is 1.31. The SMILES string of the molecule is COC(=O)c1cc2c(=O)n(C[C@H]3CCCO3)ccc2nc1C. The average Bonchev–Trinajstić information content (AvgIpc) is 3.02. The number of carbonyl (C=O) groups is 1. The van der Waals surface area contributed by atoms with Crippen LogP contribution in [-0.4, -0.2) is 35.3 Å². The molecule has 0 radical (unpaired) electrons. The molecule has 3 rings (SSSR count). The summed E-state index contributed by atoms with van der Waals surface area (Å²) in [5.74, 6) is -0.485. The van der Waals surface area contributed by atoms with Crippen molar-refractivity contribution in [2.45, 2.75) is 32.4 Å². The van der Waals surface area contributed by atoms with E-state index < -0.39 is 5.97 Å². The van der Waals surface area contributed by atoms with Crippen molar-refractivity contribution in [3.8, 4) is 0 Å². The second-order valence-corrected chi connectivity index (χ2v) is 5.45. The summed E-state index contributed by atoms with van der Waals surface area (Å²) >= 11 is 0. The van der Waals surface area contributed by atoms with Crippen LogP contribution in [0.4, 0.5) is 0 Å². The highest BCUT2D eigenvalue weighted by molar-refractivity contribution is 5.94. The Hall–Kier alpha value is -2.21. The molecule has 0 aliphatic carbocycles. The molecule has 3 heterocycles. The van der Waals surface area contributed by atoms with E-state index in [2.05, 4.69) is 4.98 Å². The Morgan fingerprint density at radius 1 is 1.55 bits per heavy atom. The number of nitrogens with zero attached hydrogens (tertiary/aromatic N) is 2. The number of aryl methyl sites for hydroxylation is 1. The van der Waals surface area contributed by atoms with Gasteiger partial charge < -0.3 is 14.0 Å². The van der Waals surface area contributed by atoms with E-state index in [4.69, 9.17) is 9.47 Å². The zero-order valence-electron chi connectivity index (χ0n) is 12.7. The molecular formula is C16H18N2O4. The molecule has 0 bridgehead atoms. The van der Waals surface area contributed by atoms with Gasteiger partial charge in [0.15, 0.2) is 0 Å². The minimum absolute atomic E-state index is 0.0774. The van der Waals surface area contributed by atoms with Crippen molar-refractivity contribution in [1.82, 2.24) is 9.55 Å². The van der Waals surface area contributed by atoms with Crippen LogP contribution < -0.4 is 5.56 Å². The second-order valence-electron chi connectivity index (χ2n) is 5.45. The maximum Gasteiger partial charge on any atom is 0.339 e. The van der Waals surface area contributed by atoms with Crippen molar-refractivity contribution in [1.29, 1.82) is 0 Å².